The first-order valence-corrected chi connectivity index (χ1v) is 8.54. The summed E-state index contributed by atoms with van der Waals surface area (Å²) < 4.78 is 10.5. The lowest BCUT2D eigenvalue weighted by Gasteiger charge is -2.12. The normalized spacial score (nSPS) is 14.0. The number of nitrogens with one attached hydrogen (secondary N) is 2. The summed E-state index contributed by atoms with van der Waals surface area (Å²) >= 11 is 0. The Morgan fingerprint density at radius 3 is 2.58 bits per heavy atom. The van der Waals surface area contributed by atoms with Crippen LogP contribution in [0, 0.1) is 5.92 Å². The molecule has 1 fully saturated rings. The third kappa shape index (κ3) is 8.73. The van der Waals surface area contributed by atoms with Gasteiger partial charge in [0.1, 0.15) is 5.75 Å². The molecule has 136 valence electrons. The second-order valence-electron chi connectivity index (χ2n) is 5.81. The summed E-state index contributed by atoms with van der Waals surface area (Å²) in [6, 6.07) is 8.04. The number of hydrogen-bond donors (Lipinski definition) is 2. The zero-order chi connectivity index (χ0) is 16.3. The minimum atomic E-state index is 0. The van der Waals surface area contributed by atoms with Crippen molar-refractivity contribution in [1.29, 1.82) is 0 Å². The van der Waals surface area contributed by atoms with Crippen molar-refractivity contribution < 1.29 is 9.47 Å². The summed E-state index contributed by atoms with van der Waals surface area (Å²) in [4.78, 5) is 4.68. The molecule has 1 aliphatic carbocycles. The first kappa shape index (κ1) is 21.0. The molecule has 0 aromatic heterocycles. The molecule has 0 bridgehead atoms. The Balaban J connectivity index is 0.00000288. The molecule has 0 saturated heterocycles. The summed E-state index contributed by atoms with van der Waals surface area (Å²) in [5, 5.41) is 6.83. The van der Waals surface area contributed by atoms with Crippen molar-refractivity contribution >= 4 is 29.9 Å². The van der Waals surface area contributed by atoms with Gasteiger partial charge in [-0.3, -0.25) is 0 Å². The van der Waals surface area contributed by atoms with E-state index in [1.807, 2.05) is 19.1 Å². The second kappa shape index (κ2) is 12.4. The van der Waals surface area contributed by atoms with Gasteiger partial charge >= 0.3 is 0 Å². The van der Waals surface area contributed by atoms with E-state index in [9.17, 15) is 0 Å². The van der Waals surface area contributed by atoms with E-state index in [2.05, 4.69) is 27.8 Å². The Bertz CT molecular complexity index is 476. The Morgan fingerprint density at radius 2 is 1.96 bits per heavy atom. The van der Waals surface area contributed by atoms with E-state index in [4.69, 9.17) is 9.47 Å². The van der Waals surface area contributed by atoms with Gasteiger partial charge in [0, 0.05) is 26.3 Å². The SMILES string of the molecule is CCOCCCNC(=NCc1ccc(OC)cc1)NCC1CC1.I. The largest absolute Gasteiger partial charge is 0.497 e. The van der Waals surface area contributed by atoms with E-state index in [0.717, 1.165) is 50.4 Å². The van der Waals surface area contributed by atoms with Crippen molar-refractivity contribution in [3.63, 3.8) is 0 Å². The van der Waals surface area contributed by atoms with Gasteiger partial charge in [0.15, 0.2) is 5.96 Å². The number of methoxy groups -OCH3 is 1. The van der Waals surface area contributed by atoms with Crippen LogP contribution in [0.25, 0.3) is 0 Å². The van der Waals surface area contributed by atoms with Crippen LogP contribution in [0.2, 0.25) is 0 Å². The van der Waals surface area contributed by atoms with Crippen molar-refractivity contribution in [2.45, 2.75) is 32.7 Å². The van der Waals surface area contributed by atoms with Crippen LogP contribution < -0.4 is 15.4 Å². The van der Waals surface area contributed by atoms with E-state index in [-0.39, 0.29) is 24.0 Å². The zero-order valence-electron chi connectivity index (χ0n) is 14.7. The van der Waals surface area contributed by atoms with Crippen LogP contribution in [-0.4, -0.2) is 39.4 Å². The maximum atomic E-state index is 5.36. The van der Waals surface area contributed by atoms with Gasteiger partial charge in [-0.15, -0.1) is 24.0 Å². The number of guanidine groups is 1. The Labute approximate surface area is 162 Å². The summed E-state index contributed by atoms with van der Waals surface area (Å²) in [7, 11) is 1.68. The predicted octanol–water partition coefficient (Wildman–Crippen LogP) is 3.19. The van der Waals surface area contributed by atoms with Gasteiger partial charge in [0.05, 0.1) is 13.7 Å². The number of ether oxygens (including phenoxy) is 2. The fourth-order valence-electron chi connectivity index (χ4n) is 2.16. The highest BCUT2D eigenvalue weighted by atomic mass is 127. The molecule has 6 heteroatoms. The average Bonchev–Trinajstić information content (AvgIpc) is 3.41. The van der Waals surface area contributed by atoms with Crippen LogP contribution >= 0.6 is 24.0 Å². The van der Waals surface area contributed by atoms with Gasteiger partial charge in [-0.1, -0.05) is 12.1 Å². The Morgan fingerprint density at radius 1 is 1.21 bits per heavy atom. The molecule has 0 radical (unpaired) electrons. The smallest absolute Gasteiger partial charge is 0.191 e. The molecule has 0 atom stereocenters. The topological polar surface area (TPSA) is 54.9 Å². The molecular weight excluding hydrogens is 417 g/mol. The van der Waals surface area contributed by atoms with Crippen molar-refractivity contribution in [2.75, 3.05) is 33.4 Å². The number of rotatable bonds is 10. The van der Waals surface area contributed by atoms with E-state index in [1.165, 1.54) is 18.4 Å². The van der Waals surface area contributed by atoms with Crippen molar-refractivity contribution in [1.82, 2.24) is 10.6 Å². The highest BCUT2D eigenvalue weighted by Crippen LogP contribution is 2.27. The van der Waals surface area contributed by atoms with Gasteiger partial charge in [-0.2, -0.15) is 0 Å². The summed E-state index contributed by atoms with van der Waals surface area (Å²) in [6.07, 6.45) is 3.66. The van der Waals surface area contributed by atoms with Gasteiger partial charge < -0.3 is 20.1 Å². The first-order chi connectivity index (χ1) is 11.3. The average molecular weight is 447 g/mol. The fourth-order valence-corrected chi connectivity index (χ4v) is 2.16. The predicted molar refractivity (Wildman–Crippen MR) is 109 cm³/mol. The highest BCUT2D eigenvalue weighted by molar-refractivity contribution is 14.0. The third-order valence-electron chi connectivity index (χ3n) is 3.80. The summed E-state index contributed by atoms with van der Waals surface area (Å²) in [5.41, 5.74) is 1.17. The molecule has 0 spiro atoms. The van der Waals surface area contributed by atoms with Gasteiger partial charge in [-0.05, 0) is 49.8 Å². The molecule has 0 amide bonds. The Kier molecular flexibility index (Phi) is 10.8. The standard InChI is InChI=1S/C18H29N3O2.HI/c1-3-23-12-4-11-19-18(20-13-15-5-6-15)21-14-16-7-9-17(22-2)10-8-16;/h7-10,15H,3-6,11-14H2,1-2H3,(H2,19,20,21);1H. The van der Waals surface area contributed by atoms with Crippen LogP contribution in [0.1, 0.15) is 31.7 Å². The monoisotopic (exact) mass is 447 g/mol. The lowest BCUT2D eigenvalue weighted by atomic mass is 10.2. The minimum absolute atomic E-state index is 0. The first-order valence-electron chi connectivity index (χ1n) is 8.54. The van der Waals surface area contributed by atoms with Crippen LogP contribution in [0.4, 0.5) is 0 Å². The van der Waals surface area contributed by atoms with E-state index >= 15 is 0 Å². The molecule has 1 saturated carbocycles. The molecule has 0 aliphatic heterocycles. The molecule has 24 heavy (non-hydrogen) atoms. The van der Waals surface area contributed by atoms with E-state index in [0.29, 0.717) is 6.54 Å². The van der Waals surface area contributed by atoms with Gasteiger partial charge in [0.25, 0.3) is 0 Å². The lowest BCUT2D eigenvalue weighted by molar-refractivity contribution is 0.145. The fraction of sp³-hybridized carbons (Fsp3) is 0.611. The van der Waals surface area contributed by atoms with Crippen LogP contribution in [0.3, 0.4) is 0 Å². The molecule has 0 heterocycles. The van der Waals surface area contributed by atoms with Crippen LogP contribution in [0.5, 0.6) is 5.75 Å². The van der Waals surface area contributed by atoms with Crippen LogP contribution in [-0.2, 0) is 11.3 Å². The minimum Gasteiger partial charge on any atom is -0.497 e. The molecule has 2 N–H and O–H groups in total. The molecule has 5 nitrogen and oxygen atoms in total. The zero-order valence-corrected chi connectivity index (χ0v) is 17.0. The summed E-state index contributed by atoms with van der Waals surface area (Å²) in [5.74, 6) is 2.59. The lowest BCUT2D eigenvalue weighted by Crippen LogP contribution is -2.39. The van der Waals surface area contributed by atoms with Crippen molar-refractivity contribution in [3.8, 4) is 5.75 Å². The number of halogens is 1. The number of aliphatic imine (C=N–C) groups is 1. The quantitative estimate of drug-likeness (QED) is 0.251. The maximum absolute atomic E-state index is 5.36. The molecule has 1 aromatic rings. The number of hydrogen-bond acceptors (Lipinski definition) is 3. The van der Waals surface area contributed by atoms with E-state index < -0.39 is 0 Å². The number of benzene rings is 1. The van der Waals surface area contributed by atoms with E-state index in [1.54, 1.807) is 7.11 Å². The molecule has 2 rings (SSSR count). The second-order valence-corrected chi connectivity index (χ2v) is 5.81. The van der Waals surface area contributed by atoms with Gasteiger partial charge in [-0.25, -0.2) is 4.99 Å². The molecular formula is C18H30IN3O2. The molecule has 1 aromatic carbocycles. The maximum Gasteiger partial charge on any atom is 0.191 e. The molecule has 1 aliphatic rings. The number of nitrogens with zero attached hydrogens (tertiary/aromatic N) is 1. The highest BCUT2D eigenvalue weighted by Gasteiger charge is 2.21. The van der Waals surface area contributed by atoms with Crippen molar-refractivity contribution in [3.05, 3.63) is 29.8 Å². The Hall–Kier alpha value is -1.02. The van der Waals surface area contributed by atoms with Crippen LogP contribution in [0.15, 0.2) is 29.3 Å². The van der Waals surface area contributed by atoms with Crippen molar-refractivity contribution in [2.24, 2.45) is 10.9 Å². The summed E-state index contributed by atoms with van der Waals surface area (Å²) in [6.45, 7) is 6.14. The molecule has 0 unspecified atom stereocenters. The van der Waals surface area contributed by atoms with Gasteiger partial charge in [0.2, 0.25) is 0 Å². The third-order valence-corrected chi connectivity index (χ3v) is 3.80.